The molecule has 1 aromatic carbocycles. The van der Waals surface area contributed by atoms with Crippen LogP contribution in [0.1, 0.15) is 30.3 Å². The van der Waals surface area contributed by atoms with Crippen molar-refractivity contribution in [2.24, 2.45) is 5.92 Å². The second-order valence-corrected chi connectivity index (χ2v) is 7.91. The minimum Gasteiger partial charge on any atom is -0.451 e. The van der Waals surface area contributed by atoms with Crippen molar-refractivity contribution < 1.29 is 9.21 Å². The number of aromatic nitrogens is 1. The Morgan fingerprint density at radius 3 is 2.57 bits per heavy atom. The molecule has 28 heavy (non-hydrogen) atoms. The summed E-state index contributed by atoms with van der Waals surface area (Å²) in [6.45, 7) is 4.52. The molecule has 2 aromatic heterocycles. The molecule has 3 fully saturated rings. The van der Waals surface area contributed by atoms with E-state index in [9.17, 15) is 4.79 Å². The zero-order valence-corrected chi connectivity index (χ0v) is 16.0. The molecule has 2 atom stereocenters. The average molecular weight is 375 g/mol. The summed E-state index contributed by atoms with van der Waals surface area (Å²) in [6, 6.07) is 16.3. The number of hydrogen-bond donors (Lipinski definition) is 2. The third-order valence-electron chi connectivity index (χ3n) is 6.39. The number of aromatic amines is 1. The van der Waals surface area contributed by atoms with Crippen LogP contribution in [-0.4, -0.2) is 41.0 Å². The summed E-state index contributed by atoms with van der Waals surface area (Å²) in [4.78, 5) is 18.6. The van der Waals surface area contributed by atoms with Gasteiger partial charge in [0, 0.05) is 35.1 Å². The molecular weight excluding hydrogens is 350 g/mol. The highest BCUT2D eigenvalue weighted by atomic mass is 16.3. The van der Waals surface area contributed by atoms with Crippen LogP contribution in [0.15, 0.2) is 59.1 Å². The second kappa shape index (κ2) is 6.99. The highest BCUT2D eigenvalue weighted by molar-refractivity contribution is 5.93. The Bertz CT molecular complexity index is 965. The van der Waals surface area contributed by atoms with Crippen molar-refractivity contribution >= 4 is 5.91 Å². The Kier molecular flexibility index (Phi) is 4.32. The van der Waals surface area contributed by atoms with E-state index in [0.717, 1.165) is 29.9 Å². The smallest absolute Gasteiger partial charge is 0.287 e. The Morgan fingerprint density at radius 2 is 1.86 bits per heavy atom. The maximum Gasteiger partial charge on any atom is 0.287 e. The van der Waals surface area contributed by atoms with E-state index in [1.165, 1.54) is 12.8 Å². The van der Waals surface area contributed by atoms with Gasteiger partial charge in [-0.2, -0.15) is 0 Å². The van der Waals surface area contributed by atoms with Gasteiger partial charge in [-0.15, -0.1) is 0 Å². The number of carbonyl (C=O) groups is 1. The first kappa shape index (κ1) is 17.3. The van der Waals surface area contributed by atoms with Crippen LogP contribution in [0.4, 0.5) is 0 Å². The van der Waals surface area contributed by atoms with Gasteiger partial charge in [-0.1, -0.05) is 24.3 Å². The number of H-pyrrole nitrogens is 1. The molecule has 3 saturated heterocycles. The third-order valence-corrected chi connectivity index (χ3v) is 6.39. The van der Waals surface area contributed by atoms with Gasteiger partial charge in [0.25, 0.3) is 5.91 Å². The number of nitrogens with zero attached hydrogens (tertiary/aromatic N) is 1. The molecule has 3 aliphatic heterocycles. The fourth-order valence-corrected chi connectivity index (χ4v) is 4.80. The van der Waals surface area contributed by atoms with Gasteiger partial charge in [-0.3, -0.25) is 9.69 Å². The zero-order chi connectivity index (χ0) is 19.1. The summed E-state index contributed by atoms with van der Waals surface area (Å²) in [7, 11) is 0. The van der Waals surface area contributed by atoms with E-state index < -0.39 is 0 Å². The number of nitrogens with one attached hydrogen (secondary N) is 2. The lowest BCUT2D eigenvalue weighted by Crippen LogP contribution is -2.62. The summed E-state index contributed by atoms with van der Waals surface area (Å²) >= 11 is 0. The molecule has 5 heterocycles. The summed E-state index contributed by atoms with van der Waals surface area (Å²) in [5, 5.41) is 3.24. The van der Waals surface area contributed by atoms with Gasteiger partial charge < -0.3 is 14.7 Å². The van der Waals surface area contributed by atoms with E-state index >= 15 is 0 Å². The first-order valence-electron chi connectivity index (χ1n) is 10.1. The van der Waals surface area contributed by atoms with Crippen molar-refractivity contribution in [2.75, 3.05) is 13.1 Å². The number of piperidine rings is 3. The number of amides is 1. The van der Waals surface area contributed by atoms with Crippen molar-refractivity contribution in [1.29, 1.82) is 0 Å². The third kappa shape index (κ3) is 2.96. The summed E-state index contributed by atoms with van der Waals surface area (Å²) in [5.41, 5.74) is 3.05. The fourth-order valence-electron chi connectivity index (χ4n) is 4.80. The normalized spacial score (nSPS) is 26.3. The number of furan rings is 1. The largest absolute Gasteiger partial charge is 0.451 e. The number of rotatable bonds is 4. The van der Waals surface area contributed by atoms with E-state index in [2.05, 4.69) is 28.2 Å². The molecule has 6 rings (SSSR count). The predicted molar refractivity (Wildman–Crippen MR) is 109 cm³/mol. The van der Waals surface area contributed by atoms with Crippen LogP contribution >= 0.6 is 0 Å². The minimum atomic E-state index is -0.116. The lowest BCUT2D eigenvalue weighted by Gasteiger charge is -2.49. The molecule has 0 radical (unpaired) electrons. The number of benzene rings is 1. The lowest BCUT2D eigenvalue weighted by atomic mass is 9.79. The summed E-state index contributed by atoms with van der Waals surface area (Å²) < 4.78 is 5.99. The number of carbonyl (C=O) groups excluding carboxylic acids is 1. The van der Waals surface area contributed by atoms with Crippen molar-refractivity contribution in [3.05, 3.63) is 60.5 Å². The lowest BCUT2D eigenvalue weighted by molar-refractivity contribution is 0.0211. The Hall–Kier alpha value is -2.79. The van der Waals surface area contributed by atoms with E-state index in [4.69, 9.17) is 4.42 Å². The Morgan fingerprint density at radius 1 is 1.07 bits per heavy atom. The van der Waals surface area contributed by atoms with Gasteiger partial charge in [0.2, 0.25) is 0 Å². The van der Waals surface area contributed by atoms with Crippen LogP contribution in [-0.2, 0) is 0 Å². The topological polar surface area (TPSA) is 61.3 Å². The van der Waals surface area contributed by atoms with Crippen LogP contribution < -0.4 is 5.32 Å². The maximum atomic E-state index is 12.9. The first-order valence-corrected chi connectivity index (χ1v) is 10.1. The van der Waals surface area contributed by atoms with Crippen molar-refractivity contribution in [3.63, 3.8) is 0 Å². The monoisotopic (exact) mass is 375 g/mol. The minimum absolute atomic E-state index is 0.116. The van der Waals surface area contributed by atoms with Crippen molar-refractivity contribution in [1.82, 2.24) is 15.2 Å². The van der Waals surface area contributed by atoms with Crippen LogP contribution in [0.5, 0.6) is 0 Å². The van der Waals surface area contributed by atoms with Gasteiger partial charge in [0.05, 0.1) is 0 Å². The summed E-state index contributed by atoms with van der Waals surface area (Å²) in [5.74, 6) is 1.54. The second-order valence-electron chi connectivity index (χ2n) is 7.91. The standard InChI is InChI=1S/C23H25N3O2/c1-15-22(16-10-13-26(15)14-11-16)25-23(27)21-9-8-20(28-21)18-6-3-2-5-17(18)19-7-4-12-24-19/h2-9,12,15-16,22,24H,10-11,13-14H2,1H3,(H,25,27)/t15-,22+/m1/s1. The van der Waals surface area contributed by atoms with Crippen LogP contribution in [0.3, 0.4) is 0 Å². The quantitative estimate of drug-likeness (QED) is 0.720. The maximum absolute atomic E-state index is 12.9. The predicted octanol–water partition coefficient (Wildman–Crippen LogP) is 4.15. The highest BCUT2D eigenvalue weighted by Crippen LogP contribution is 2.34. The number of fused-ring (bicyclic) bond motifs is 3. The molecule has 1 amide bonds. The van der Waals surface area contributed by atoms with E-state index in [-0.39, 0.29) is 11.9 Å². The van der Waals surface area contributed by atoms with Crippen LogP contribution in [0, 0.1) is 5.92 Å². The van der Waals surface area contributed by atoms with Crippen LogP contribution in [0.25, 0.3) is 22.6 Å². The van der Waals surface area contributed by atoms with Gasteiger partial charge in [-0.05, 0) is 63.0 Å². The number of hydrogen-bond acceptors (Lipinski definition) is 3. The van der Waals surface area contributed by atoms with Gasteiger partial charge in [0.1, 0.15) is 5.76 Å². The molecule has 144 valence electrons. The molecule has 2 N–H and O–H groups in total. The van der Waals surface area contributed by atoms with E-state index in [1.54, 1.807) is 6.07 Å². The zero-order valence-electron chi connectivity index (χ0n) is 16.0. The molecular formula is C23H25N3O2. The van der Waals surface area contributed by atoms with Crippen LogP contribution in [0.2, 0.25) is 0 Å². The highest BCUT2D eigenvalue weighted by Gasteiger charge is 2.40. The molecule has 2 bridgehead atoms. The Labute approximate surface area is 164 Å². The average Bonchev–Trinajstić information content (AvgIpc) is 3.43. The van der Waals surface area contributed by atoms with Crippen molar-refractivity contribution in [3.8, 4) is 22.6 Å². The molecule has 0 unspecified atom stereocenters. The molecule has 0 spiro atoms. The van der Waals surface area contributed by atoms with Gasteiger partial charge in [0.15, 0.2) is 5.76 Å². The van der Waals surface area contributed by atoms with Gasteiger partial charge >= 0.3 is 0 Å². The summed E-state index contributed by atoms with van der Waals surface area (Å²) in [6.07, 6.45) is 4.24. The van der Waals surface area contributed by atoms with Gasteiger partial charge in [-0.25, -0.2) is 0 Å². The van der Waals surface area contributed by atoms with E-state index in [1.807, 2.05) is 42.6 Å². The molecule has 0 saturated carbocycles. The SMILES string of the molecule is C[C@@H]1[C@H](NC(=O)c2ccc(-c3ccccc3-c3ccc[nH]3)o2)C2CCN1CC2. The Balaban J connectivity index is 1.38. The molecule has 3 aliphatic rings. The van der Waals surface area contributed by atoms with Crippen molar-refractivity contribution in [2.45, 2.75) is 31.8 Å². The molecule has 5 nitrogen and oxygen atoms in total. The fraction of sp³-hybridized carbons (Fsp3) is 0.348. The molecule has 5 heteroatoms. The first-order chi connectivity index (χ1) is 13.7. The molecule has 0 aliphatic carbocycles. The van der Waals surface area contributed by atoms with E-state index in [0.29, 0.717) is 23.5 Å². The molecule has 3 aromatic rings.